The van der Waals surface area contributed by atoms with Gasteiger partial charge >= 0.3 is 0 Å². The predicted molar refractivity (Wildman–Crippen MR) is 78.8 cm³/mol. The number of nitrogens with one attached hydrogen (secondary N) is 1. The van der Waals surface area contributed by atoms with Crippen molar-refractivity contribution in [3.8, 4) is 0 Å². The van der Waals surface area contributed by atoms with Gasteiger partial charge in [-0.25, -0.2) is 0 Å². The van der Waals surface area contributed by atoms with E-state index in [0.29, 0.717) is 18.8 Å². The van der Waals surface area contributed by atoms with Gasteiger partial charge < -0.3 is 14.6 Å². The van der Waals surface area contributed by atoms with Gasteiger partial charge in [-0.1, -0.05) is 18.2 Å². The maximum atomic E-state index is 12.3. The Morgan fingerprint density at radius 3 is 2.95 bits per heavy atom. The molecule has 1 aliphatic rings. The summed E-state index contributed by atoms with van der Waals surface area (Å²) < 4.78 is 5.57. The first kappa shape index (κ1) is 13.2. The maximum absolute atomic E-state index is 12.3. The summed E-state index contributed by atoms with van der Waals surface area (Å²) >= 11 is 0. The fourth-order valence-corrected chi connectivity index (χ4v) is 2.23. The fourth-order valence-electron chi connectivity index (χ4n) is 2.23. The van der Waals surface area contributed by atoms with E-state index in [1.165, 1.54) is 12.8 Å². The Morgan fingerprint density at radius 1 is 1.40 bits per heavy atom. The molecule has 1 saturated carbocycles. The number of fused-ring (bicyclic) bond motifs is 1. The second-order valence-electron chi connectivity index (χ2n) is 5.52. The third kappa shape index (κ3) is 3.02. The zero-order valence-corrected chi connectivity index (χ0v) is 11.8. The first-order chi connectivity index (χ1) is 9.74. The normalized spacial score (nSPS) is 14.7. The predicted octanol–water partition coefficient (Wildman–Crippen LogP) is 2.67. The van der Waals surface area contributed by atoms with E-state index in [0.717, 1.165) is 23.4 Å². The fraction of sp³-hybridized carbons (Fsp3) is 0.438. The quantitative estimate of drug-likeness (QED) is 0.822. The van der Waals surface area contributed by atoms with Crippen molar-refractivity contribution in [3.63, 3.8) is 0 Å². The summed E-state index contributed by atoms with van der Waals surface area (Å²) in [6, 6.07) is 9.81. The average molecular weight is 272 g/mol. The molecule has 4 nitrogen and oxygen atoms in total. The number of hydrogen-bond acceptors (Lipinski definition) is 2. The summed E-state index contributed by atoms with van der Waals surface area (Å²) in [7, 11) is 1.81. The molecule has 1 heterocycles. The molecular weight excluding hydrogens is 252 g/mol. The molecule has 0 spiro atoms. The maximum Gasteiger partial charge on any atom is 0.270 e. The van der Waals surface area contributed by atoms with Gasteiger partial charge in [0.05, 0.1) is 6.61 Å². The molecule has 1 aliphatic carbocycles. The third-order valence-electron chi connectivity index (χ3n) is 3.73. The molecule has 0 atom stereocenters. The van der Waals surface area contributed by atoms with Crippen LogP contribution in [0.5, 0.6) is 0 Å². The Morgan fingerprint density at radius 2 is 2.20 bits per heavy atom. The van der Waals surface area contributed by atoms with Crippen molar-refractivity contribution >= 4 is 16.8 Å². The molecule has 106 valence electrons. The van der Waals surface area contributed by atoms with E-state index in [9.17, 15) is 4.79 Å². The summed E-state index contributed by atoms with van der Waals surface area (Å²) in [5.41, 5.74) is 1.63. The van der Waals surface area contributed by atoms with Gasteiger partial charge in [-0.05, 0) is 30.9 Å². The highest BCUT2D eigenvalue weighted by atomic mass is 16.5. The number of amides is 1. The largest absolute Gasteiger partial charge is 0.379 e. The van der Waals surface area contributed by atoms with Gasteiger partial charge in [0.15, 0.2) is 0 Å². The van der Waals surface area contributed by atoms with E-state index < -0.39 is 0 Å². The van der Waals surface area contributed by atoms with Crippen LogP contribution in [0, 0.1) is 5.92 Å². The molecule has 1 aromatic carbocycles. The molecule has 20 heavy (non-hydrogen) atoms. The summed E-state index contributed by atoms with van der Waals surface area (Å²) in [4.78, 5) is 17.2. The Balaban J connectivity index is 1.55. The highest BCUT2D eigenvalue weighted by Crippen LogP contribution is 2.28. The molecule has 1 amide bonds. The SMILES string of the molecule is CN(CCOCC1CC1)C(=O)c1cc2ccccc2[nH]1. The average Bonchev–Trinajstić information content (AvgIpc) is 3.18. The van der Waals surface area contributed by atoms with Crippen molar-refractivity contribution in [1.29, 1.82) is 0 Å². The second kappa shape index (κ2) is 5.67. The van der Waals surface area contributed by atoms with Crippen molar-refractivity contribution in [2.75, 3.05) is 26.8 Å². The van der Waals surface area contributed by atoms with Crippen LogP contribution < -0.4 is 0 Å². The van der Waals surface area contributed by atoms with E-state index in [-0.39, 0.29) is 5.91 Å². The Labute approximate surface area is 118 Å². The highest BCUT2D eigenvalue weighted by Gasteiger charge is 2.21. The zero-order valence-electron chi connectivity index (χ0n) is 11.8. The number of nitrogens with zero attached hydrogens (tertiary/aromatic N) is 1. The van der Waals surface area contributed by atoms with Crippen LogP contribution in [0.25, 0.3) is 10.9 Å². The number of rotatable bonds is 6. The number of para-hydroxylation sites is 1. The van der Waals surface area contributed by atoms with Crippen molar-refractivity contribution < 1.29 is 9.53 Å². The van der Waals surface area contributed by atoms with Crippen LogP contribution in [0.15, 0.2) is 30.3 Å². The van der Waals surface area contributed by atoms with E-state index >= 15 is 0 Å². The molecule has 0 aliphatic heterocycles. The Kier molecular flexibility index (Phi) is 3.74. The number of aromatic nitrogens is 1. The van der Waals surface area contributed by atoms with Gasteiger partial charge in [0, 0.05) is 31.1 Å². The minimum Gasteiger partial charge on any atom is -0.379 e. The molecule has 0 saturated heterocycles. The number of benzene rings is 1. The lowest BCUT2D eigenvalue weighted by atomic mass is 10.2. The van der Waals surface area contributed by atoms with Gasteiger partial charge in [0.25, 0.3) is 5.91 Å². The van der Waals surface area contributed by atoms with E-state index in [4.69, 9.17) is 4.74 Å². The van der Waals surface area contributed by atoms with E-state index in [1.807, 2.05) is 37.4 Å². The van der Waals surface area contributed by atoms with Crippen molar-refractivity contribution in [3.05, 3.63) is 36.0 Å². The lowest BCUT2D eigenvalue weighted by molar-refractivity contribution is 0.0677. The standard InChI is InChI=1S/C16H20N2O2/c1-18(8-9-20-11-12-6-7-12)16(19)15-10-13-4-2-3-5-14(13)17-15/h2-5,10,12,17H,6-9,11H2,1H3. The van der Waals surface area contributed by atoms with E-state index in [2.05, 4.69) is 4.98 Å². The van der Waals surface area contributed by atoms with Crippen LogP contribution in [0.2, 0.25) is 0 Å². The molecule has 0 unspecified atom stereocenters. The molecular formula is C16H20N2O2. The van der Waals surface area contributed by atoms with Crippen LogP contribution in [0.1, 0.15) is 23.3 Å². The number of hydrogen-bond donors (Lipinski definition) is 1. The second-order valence-corrected chi connectivity index (χ2v) is 5.52. The number of ether oxygens (including phenoxy) is 1. The molecule has 1 fully saturated rings. The lowest BCUT2D eigenvalue weighted by Crippen LogP contribution is -2.30. The van der Waals surface area contributed by atoms with Crippen LogP contribution in [-0.2, 0) is 4.74 Å². The molecule has 4 heteroatoms. The topological polar surface area (TPSA) is 45.3 Å². The number of aromatic amines is 1. The molecule has 1 N–H and O–H groups in total. The summed E-state index contributed by atoms with van der Waals surface area (Å²) in [6.45, 7) is 2.08. The van der Waals surface area contributed by atoms with Crippen LogP contribution >= 0.6 is 0 Å². The Hall–Kier alpha value is -1.81. The van der Waals surface area contributed by atoms with Gasteiger partial charge in [0.2, 0.25) is 0 Å². The van der Waals surface area contributed by atoms with Crippen molar-refractivity contribution in [1.82, 2.24) is 9.88 Å². The minimum absolute atomic E-state index is 0.0104. The molecule has 2 aromatic rings. The van der Waals surface area contributed by atoms with Crippen molar-refractivity contribution in [2.24, 2.45) is 5.92 Å². The van der Waals surface area contributed by atoms with Crippen LogP contribution in [-0.4, -0.2) is 42.6 Å². The Bertz CT molecular complexity index is 568. The van der Waals surface area contributed by atoms with Gasteiger partial charge in [-0.2, -0.15) is 0 Å². The number of carbonyl (C=O) groups is 1. The summed E-state index contributed by atoms with van der Waals surface area (Å²) in [6.07, 6.45) is 2.59. The van der Waals surface area contributed by atoms with Crippen LogP contribution in [0.4, 0.5) is 0 Å². The molecule has 0 bridgehead atoms. The van der Waals surface area contributed by atoms with Gasteiger partial charge in [0.1, 0.15) is 5.69 Å². The monoisotopic (exact) mass is 272 g/mol. The zero-order chi connectivity index (χ0) is 13.9. The minimum atomic E-state index is 0.0104. The lowest BCUT2D eigenvalue weighted by Gasteiger charge is -2.16. The number of H-pyrrole nitrogens is 1. The smallest absolute Gasteiger partial charge is 0.270 e. The van der Waals surface area contributed by atoms with Gasteiger partial charge in [-0.15, -0.1) is 0 Å². The van der Waals surface area contributed by atoms with Gasteiger partial charge in [-0.3, -0.25) is 4.79 Å². The third-order valence-corrected chi connectivity index (χ3v) is 3.73. The number of carbonyl (C=O) groups excluding carboxylic acids is 1. The van der Waals surface area contributed by atoms with Crippen molar-refractivity contribution in [2.45, 2.75) is 12.8 Å². The number of likely N-dealkylation sites (N-methyl/N-ethyl adjacent to an activating group) is 1. The van der Waals surface area contributed by atoms with Crippen LogP contribution in [0.3, 0.4) is 0 Å². The molecule has 3 rings (SSSR count). The van der Waals surface area contributed by atoms with E-state index in [1.54, 1.807) is 4.90 Å². The first-order valence-corrected chi connectivity index (χ1v) is 7.15. The summed E-state index contributed by atoms with van der Waals surface area (Å²) in [5, 5.41) is 1.06. The highest BCUT2D eigenvalue weighted by molar-refractivity contribution is 5.97. The molecule has 0 radical (unpaired) electrons. The molecule has 1 aromatic heterocycles. The summed E-state index contributed by atoms with van der Waals surface area (Å²) in [5.74, 6) is 0.779. The first-order valence-electron chi connectivity index (χ1n) is 7.15.